The Morgan fingerprint density at radius 1 is 0.957 bits per heavy atom. The van der Waals surface area contributed by atoms with E-state index >= 15 is 0 Å². The van der Waals surface area contributed by atoms with Crippen LogP contribution in [0.3, 0.4) is 0 Å². The average molecular weight is 638 g/mol. The Morgan fingerprint density at radius 2 is 1.80 bits per heavy atom. The zero-order valence-electron chi connectivity index (χ0n) is 25.1. The van der Waals surface area contributed by atoms with Gasteiger partial charge < -0.3 is 10.3 Å². The summed E-state index contributed by atoms with van der Waals surface area (Å²) in [5.41, 5.74) is 7.14. The van der Waals surface area contributed by atoms with Gasteiger partial charge >= 0.3 is 0 Å². The first-order chi connectivity index (χ1) is 22.2. The van der Waals surface area contributed by atoms with Crippen LogP contribution in [0.5, 0.6) is 0 Å². The minimum Gasteiger partial charge on any atom is -0.338 e. The van der Waals surface area contributed by atoms with E-state index in [0.717, 1.165) is 70.6 Å². The van der Waals surface area contributed by atoms with Crippen LogP contribution in [0.1, 0.15) is 37.7 Å². The molecule has 1 amide bonds. The van der Waals surface area contributed by atoms with Crippen molar-refractivity contribution >= 4 is 43.6 Å². The second-order valence-electron chi connectivity index (χ2n) is 11.9. The molecule has 4 N–H and O–H groups in total. The van der Waals surface area contributed by atoms with E-state index in [9.17, 15) is 17.6 Å². The smallest absolute Gasteiger partial charge is 0.227 e. The van der Waals surface area contributed by atoms with E-state index in [2.05, 4.69) is 35.2 Å². The first-order valence-corrected chi connectivity index (χ1v) is 17.1. The van der Waals surface area contributed by atoms with E-state index in [4.69, 9.17) is 0 Å². The summed E-state index contributed by atoms with van der Waals surface area (Å²) in [6, 6.07) is 16.1. The van der Waals surface area contributed by atoms with Crippen molar-refractivity contribution in [1.29, 1.82) is 0 Å². The molecular formula is C34H32FN7O3S. The number of nitrogens with zero attached hydrogens (tertiary/aromatic N) is 3. The number of sulfonamides is 1. The third-order valence-electron chi connectivity index (χ3n) is 8.47. The van der Waals surface area contributed by atoms with Gasteiger partial charge in [-0.15, -0.1) is 0 Å². The molecule has 7 rings (SSSR count). The largest absolute Gasteiger partial charge is 0.338 e. The second-order valence-corrected chi connectivity index (χ2v) is 13.7. The molecule has 0 aliphatic heterocycles. The zero-order chi connectivity index (χ0) is 31.8. The number of fused-ring (bicyclic) bond motifs is 2. The number of amides is 1. The number of H-pyrrole nitrogens is 2. The number of halogens is 1. The molecular weight excluding hydrogens is 605 g/mol. The minimum atomic E-state index is -3.44. The lowest BCUT2D eigenvalue weighted by Gasteiger charge is -2.20. The van der Waals surface area contributed by atoms with Crippen LogP contribution in [-0.2, 0) is 21.4 Å². The highest BCUT2D eigenvalue weighted by atomic mass is 32.2. The predicted octanol–water partition coefficient (Wildman–Crippen LogP) is 6.54. The minimum absolute atomic E-state index is 0.0247. The molecule has 234 valence electrons. The molecule has 1 aliphatic carbocycles. The Balaban J connectivity index is 1.21. The molecule has 2 aromatic carbocycles. The van der Waals surface area contributed by atoms with Gasteiger partial charge in [0, 0.05) is 41.2 Å². The van der Waals surface area contributed by atoms with Crippen molar-refractivity contribution in [1.82, 2.24) is 29.9 Å². The zero-order valence-corrected chi connectivity index (χ0v) is 25.9. The summed E-state index contributed by atoms with van der Waals surface area (Å²) in [5, 5.41) is 12.4. The van der Waals surface area contributed by atoms with Crippen LogP contribution in [0.15, 0.2) is 73.2 Å². The van der Waals surface area contributed by atoms with Gasteiger partial charge in [-0.05, 0) is 83.6 Å². The highest BCUT2D eigenvalue weighted by molar-refractivity contribution is 7.88. The van der Waals surface area contributed by atoms with Crippen molar-refractivity contribution in [3.8, 4) is 33.6 Å². The Kier molecular flexibility index (Phi) is 7.83. The van der Waals surface area contributed by atoms with Crippen LogP contribution in [0.4, 0.5) is 10.1 Å². The third kappa shape index (κ3) is 6.26. The number of carbonyl (C=O) groups excluding carboxylic acids is 1. The van der Waals surface area contributed by atoms with Gasteiger partial charge in [0.15, 0.2) is 0 Å². The molecule has 1 fully saturated rings. The summed E-state index contributed by atoms with van der Waals surface area (Å²) in [5.74, 6) is -0.368. The van der Waals surface area contributed by atoms with Gasteiger partial charge in [0.25, 0.3) is 0 Å². The molecule has 0 unspecified atom stereocenters. The Labute approximate surface area is 264 Å². The summed E-state index contributed by atoms with van der Waals surface area (Å²) in [6.45, 7) is -0.0247. The second kappa shape index (κ2) is 12.1. The normalized spacial score (nSPS) is 14.2. The van der Waals surface area contributed by atoms with E-state index in [1.807, 2.05) is 30.3 Å². The monoisotopic (exact) mass is 637 g/mol. The van der Waals surface area contributed by atoms with Crippen LogP contribution in [0.2, 0.25) is 0 Å². The van der Waals surface area contributed by atoms with Crippen LogP contribution in [-0.4, -0.2) is 45.7 Å². The summed E-state index contributed by atoms with van der Waals surface area (Å²) in [6.07, 6.45) is 11.4. The highest BCUT2D eigenvalue weighted by Crippen LogP contribution is 2.35. The average Bonchev–Trinajstić information content (AvgIpc) is 3.68. The van der Waals surface area contributed by atoms with Gasteiger partial charge in [-0.2, -0.15) is 5.10 Å². The molecule has 10 nitrogen and oxygen atoms in total. The lowest BCUT2D eigenvalue weighted by Crippen LogP contribution is -2.24. The number of nitrogens with one attached hydrogen (secondary N) is 4. The van der Waals surface area contributed by atoms with Gasteiger partial charge in [-0.25, -0.2) is 22.5 Å². The lowest BCUT2D eigenvalue weighted by molar-refractivity contribution is -0.120. The Bertz CT molecular complexity index is 2200. The summed E-state index contributed by atoms with van der Waals surface area (Å²) >= 11 is 0. The van der Waals surface area contributed by atoms with E-state index < -0.39 is 15.8 Å². The quantitative estimate of drug-likeness (QED) is 0.149. The summed E-state index contributed by atoms with van der Waals surface area (Å²) in [7, 11) is -3.44. The van der Waals surface area contributed by atoms with Crippen molar-refractivity contribution in [2.75, 3.05) is 11.6 Å². The topological polar surface area (TPSA) is 146 Å². The van der Waals surface area contributed by atoms with E-state index in [0.29, 0.717) is 28.2 Å². The van der Waals surface area contributed by atoms with Crippen molar-refractivity contribution < 1.29 is 17.6 Å². The number of hydrogen-bond donors (Lipinski definition) is 4. The van der Waals surface area contributed by atoms with Gasteiger partial charge in [-0.1, -0.05) is 25.3 Å². The van der Waals surface area contributed by atoms with Gasteiger partial charge in [0.05, 0.1) is 29.4 Å². The summed E-state index contributed by atoms with van der Waals surface area (Å²) in [4.78, 5) is 25.1. The van der Waals surface area contributed by atoms with Gasteiger partial charge in [0.2, 0.25) is 15.9 Å². The van der Waals surface area contributed by atoms with Crippen LogP contribution in [0, 0.1) is 11.7 Å². The molecule has 46 heavy (non-hydrogen) atoms. The van der Waals surface area contributed by atoms with Crippen molar-refractivity contribution in [3.63, 3.8) is 0 Å². The molecule has 0 saturated heterocycles. The standard InChI is InChI=1S/C34H32FN7O3S/c1-46(44,45)38-17-20-11-23(13-25(35)12-20)27-9-10-37-33-28(27)16-31(40-33)32-29-15-22(7-8-30(29)41-42-32)24-14-26(19-36-18-24)39-34(43)21-5-3-2-4-6-21/h7-16,18-19,21,38H,2-6,17H2,1H3,(H,37,40)(H,39,43)(H,41,42). The highest BCUT2D eigenvalue weighted by Gasteiger charge is 2.21. The number of pyridine rings is 2. The SMILES string of the molecule is CS(=O)(=O)NCc1cc(F)cc(-c2ccnc3[nH]c(-c4n[nH]c5ccc(-c6cncc(NC(=O)C7CCCCC7)c6)cc45)cc23)c1. The predicted molar refractivity (Wildman–Crippen MR) is 177 cm³/mol. The number of rotatable bonds is 8. The van der Waals surface area contributed by atoms with E-state index in [1.165, 1.54) is 18.6 Å². The molecule has 6 aromatic rings. The lowest BCUT2D eigenvalue weighted by atomic mass is 9.88. The number of aromatic nitrogens is 5. The molecule has 0 bridgehead atoms. The first-order valence-electron chi connectivity index (χ1n) is 15.2. The van der Waals surface area contributed by atoms with Crippen molar-refractivity contribution in [2.45, 2.75) is 38.6 Å². The van der Waals surface area contributed by atoms with E-state index in [1.54, 1.807) is 30.7 Å². The molecule has 0 atom stereocenters. The molecule has 12 heteroatoms. The molecule has 0 spiro atoms. The molecule has 4 aromatic heterocycles. The molecule has 1 aliphatic rings. The number of benzene rings is 2. The third-order valence-corrected chi connectivity index (χ3v) is 9.14. The Morgan fingerprint density at radius 3 is 2.63 bits per heavy atom. The number of anilines is 1. The Hall–Kier alpha value is -4.94. The van der Waals surface area contributed by atoms with Crippen molar-refractivity contribution in [2.24, 2.45) is 5.92 Å². The summed E-state index contributed by atoms with van der Waals surface area (Å²) < 4.78 is 40.2. The fourth-order valence-corrected chi connectivity index (χ4v) is 6.63. The maximum absolute atomic E-state index is 14.6. The van der Waals surface area contributed by atoms with Crippen LogP contribution in [0.25, 0.3) is 55.6 Å². The first kappa shape index (κ1) is 29.8. The van der Waals surface area contributed by atoms with E-state index in [-0.39, 0.29) is 18.4 Å². The fourth-order valence-electron chi connectivity index (χ4n) is 6.20. The maximum Gasteiger partial charge on any atom is 0.227 e. The number of hydrogen-bond acceptors (Lipinski definition) is 6. The fraction of sp³-hybridized carbons (Fsp3) is 0.235. The van der Waals surface area contributed by atoms with Crippen LogP contribution < -0.4 is 10.0 Å². The molecule has 1 saturated carbocycles. The number of aromatic amines is 2. The molecule has 0 radical (unpaired) electrons. The maximum atomic E-state index is 14.6. The molecule has 4 heterocycles. The van der Waals surface area contributed by atoms with Crippen molar-refractivity contribution in [3.05, 3.63) is 84.6 Å². The number of carbonyl (C=O) groups is 1. The van der Waals surface area contributed by atoms with Gasteiger partial charge in [0.1, 0.15) is 17.2 Å². The van der Waals surface area contributed by atoms with Gasteiger partial charge in [-0.3, -0.25) is 14.9 Å². The van der Waals surface area contributed by atoms with Crippen LogP contribution >= 0.6 is 0 Å².